The van der Waals surface area contributed by atoms with E-state index >= 15 is 0 Å². The third kappa shape index (κ3) is 7.93. The fourth-order valence-corrected chi connectivity index (χ4v) is 3.07. The summed E-state index contributed by atoms with van der Waals surface area (Å²) in [7, 11) is 0. The van der Waals surface area contributed by atoms with Gasteiger partial charge >= 0.3 is 0 Å². The zero-order chi connectivity index (χ0) is 19.5. The summed E-state index contributed by atoms with van der Waals surface area (Å²) in [4.78, 5) is 8.71. The molecule has 0 amide bonds. The molecule has 4 N–H and O–H groups in total. The summed E-state index contributed by atoms with van der Waals surface area (Å²) in [5.74, 6) is -0.734. The highest BCUT2D eigenvalue weighted by Crippen LogP contribution is 2.17. The number of unbranched alkanes of at least 4 members (excludes halogenated alkanes) is 8. The molecule has 0 radical (unpaired) electrons. The van der Waals surface area contributed by atoms with Crippen molar-refractivity contribution in [3.63, 3.8) is 0 Å². The molecule has 0 aromatic heterocycles. The molecule has 2 rings (SSSR count). The molecular formula is C20H31F2N5. The Balaban J connectivity index is 1.72. The second kappa shape index (κ2) is 11.5. The van der Waals surface area contributed by atoms with Crippen LogP contribution in [0.25, 0.3) is 0 Å². The number of hydrogen-bond donors (Lipinski definition) is 3. The van der Waals surface area contributed by atoms with E-state index in [1.807, 2.05) is 0 Å². The lowest BCUT2D eigenvalue weighted by molar-refractivity contribution is 0.529. The van der Waals surface area contributed by atoms with Gasteiger partial charge in [-0.3, -0.25) is 5.32 Å². The first kappa shape index (κ1) is 21.1. The normalized spacial score (nSPS) is 16.5. The van der Waals surface area contributed by atoms with Crippen LogP contribution in [0.15, 0.2) is 28.2 Å². The Morgan fingerprint density at radius 2 is 1.67 bits per heavy atom. The van der Waals surface area contributed by atoms with E-state index in [-0.39, 0.29) is 17.8 Å². The zero-order valence-corrected chi connectivity index (χ0v) is 16.1. The van der Waals surface area contributed by atoms with Crippen LogP contribution < -0.4 is 16.4 Å². The van der Waals surface area contributed by atoms with Gasteiger partial charge in [-0.05, 0) is 25.0 Å². The van der Waals surface area contributed by atoms with Gasteiger partial charge in [0.25, 0.3) is 0 Å². The first-order valence-corrected chi connectivity index (χ1v) is 9.98. The number of nitrogens with one attached hydrogen (secondary N) is 2. The molecule has 1 unspecified atom stereocenters. The lowest BCUT2D eigenvalue weighted by atomic mass is 10.1. The van der Waals surface area contributed by atoms with Gasteiger partial charge in [0.15, 0.2) is 5.96 Å². The van der Waals surface area contributed by atoms with Gasteiger partial charge in [-0.15, -0.1) is 0 Å². The van der Waals surface area contributed by atoms with Crippen molar-refractivity contribution in [1.82, 2.24) is 5.32 Å². The highest BCUT2D eigenvalue weighted by Gasteiger charge is 2.16. The van der Waals surface area contributed by atoms with Crippen molar-refractivity contribution in [2.75, 3.05) is 5.32 Å². The molecular weight excluding hydrogens is 348 g/mol. The topological polar surface area (TPSA) is 74.8 Å². The first-order valence-electron chi connectivity index (χ1n) is 9.98. The Morgan fingerprint density at radius 1 is 1.00 bits per heavy atom. The third-order valence-corrected chi connectivity index (χ3v) is 4.56. The minimum absolute atomic E-state index is 0.138. The van der Waals surface area contributed by atoms with Gasteiger partial charge in [0, 0.05) is 6.07 Å². The summed E-state index contributed by atoms with van der Waals surface area (Å²) in [6.07, 6.45) is 11.8. The molecule has 0 spiro atoms. The largest absolute Gasteiger partial charge is 0.370 e. The van der Waals surface area contributed by atoms with E-state index in [2.05, 4.69) is 27.5 Å². The summed E-state index contributed by atoms with van der Waals surface area (Å²) < 4.78 is 26.8. The molecule has 27 heavy (non-hydrogen) atoms. The van der Waals surface area contributed by atoms with Gasteiger partial charge in [0.1, 0.15) is 17.8 Å². The second-order valence-corrected chi connectivity index (χ2v) is 6.96. The third-order valence-electron chi connectivity index (χ3n) is 4.56. The number of hydrogen-bond acceptors (Lipinski definition) is 5. The fraction of sp³-hybridized carbons (Fsp3) is 0.600. The van der Waals surface area contributed by atoms with Crippen LogP contribution in [-0.4, -0.2) is 18.1 Å². The molecule has 0 fully saturated rings. The van der Waals surface area contributed by atoms with E-state index in [9.17, 15) is 8.78 Å². The Hall–Kier alpha value is -2.18. The van der Waals surface area contributed by atoms with E-state index in [4.69, 9.17) is 5.73 Å². The van der Waals surface area contributed by atoms with Gasteiger partial charge < -0.3 is 11.1 Å². The Kier molecular flexibility index (Phi) is 9.01. The Labute approximate surface area is 160 Å². The first-order chi connectivity index (χ1) is 13.1. The molecule has 1 aromatic rings. The van der Waals surface area contributed by atoms with Crippen LogP contribution in [0.5, 0.6) is 0 Å². The summed E-state index contributed by atoms with van der Waals surface area (Å²) in [6, 6.07) is 3.33. The van der Waals surface area contributed by atoms with E-state index in [1.54, 1.807) is 0 Å². The van der Waals surface area contributed by atoms with E-state index < -0.39 is 11.6 Å². The van der Waals surface area contributed by atoms with Crippen LogP contribution >= 0.6 is 0 Å². The lowest BCUT2D eigenvalue weighted by Crippen LogP contribution is -2.45. The molecule has 0 bridgehead atoms. The quantitative estimate of drug-likeness (QED) is 0.479. The molecule has 0 saturated heterocycles. The van der Waals surface area contributed by atoms with Crippen LogP contribution in [0.1, 0.15) is 71.1 Å². The number of rotatable bonds is 11. The molecule has 5 nitrogen and oxygen atoms in total. The maximum atomic E-state index is 13.8. The van der Waals surface area contributed by atoms with Crippen LogP contribution in [0, 0.1) is 11.6 Å². The van der Waals surface area contributed by atoms with E-state index in [0.717, 1.165) is 25.3 Å². The maximum absolute atomic E-state index is 13.8. The van der Waals surface area contributed by atoms with Crippen molar-refractivity contribution >= 4 is 17.6 Å². The monoisotopic (exact) mass is 379 g/mol. The number of benzene rings is 1. The van der Waals surface area contributed by atoms with Crippen LogP contribution in [0.4, 0.5) is 14.5 Å². The molecule has 1 heterocycles. The van der Waals surface area contributed by atoms with Crippen molar-refractivity contribution in [3.8, 4) is 0 Å². The summed E-state index contributed by atoms with van der Waals surface area (Å²) >= 11 is 0. The van der Waals surface area contributed by atoms with Crippen molar-refractivity contribution in [1.29, 1.82) is 0 Å². The maximum Gasteiger partial charge on any atom is 0.204 e. The van der Waals surface area contributed by atoms with Crippen molar-refractivity contribution < 1.29 is 8.78 Å². The number of halogens is 2. The fourth-order valence-electron chi connectivity index (χ4n) is 3.07. The van der Waals surface area contributed by atoms with E-state index in [1.165, 1.54) is 57.1 Å². The number of nitrogens with zero attached hydrogens (tertiary/aromatic N) is 2. The summed E-state index contributed by atoms with van der Waals surface area (Å²) in [5, 5.41) is 5.59. The van der Waals surface area contributed by atoms with Crippen molar-refractivity contribution in [3.05, 3.63) is 29.8 Å². The minimum atomic E-state index is -0.684. The molecule has 1 atom stereocenters. The highest BCUT2D eigenvalue weighted by atomic mass is 19.1. The molecule has 0 aliphatic carbocycles. The number of aliphatic imine (C=N–C) groups is 2. The molecule has 7 heteroatoms. The average molecular weight is 379 g/mol. The standard InChI is InChI=1S/C20H31F2N5/c1-2-3-4-5-6-7-8-9-10-11-18-25-19(23)27-20(26-18)24-17-13-12-15(21)14-16(17)22/h12-14,18H,2-11H2,1H3,(H4,23,24,25,26,27). The van der Waals surface area contributed by atoms with Gasteiger partial charge in [0.05, 0.1) is 5.69 Å². The predicted molar refractivity (Wildman–Crippen MR) is 108 cm³/mol. The molecule has 150 valence electrons. The molecule has 1 aromatic carbocycles. The molecule has 0 saturated carbocycles. The van der Waals surface area contributed by atoms with Crippen LogP contribution in [-0.2, 0) is 0 Å². The van der Waals surface area contributed by atoms with Gasteiger partial charge in [-0.1, -0.05) is 58.3 Å². The van der Waals surface area contributed by atoms with Crippen LogP contribution in [0.3, 0.4) is 0 Å². The molecule has 1 aliphatic rings. The number of guanidine groups is 2. The van der Waals surface area contributed by atoms with Gasteiger partial charge in [0.2, 0.25) is 5.96 Å². The summed E-state index contributed by atoms with van der Waals surface area (Å²) in [5.41, 5.74) is 5.94. The van der Waals surface area contributed by atoms with Gasteiger partial charge in [-0.25, -0.2) is 18.8 Å². The Bertz CT molecular complexity index is 645. The van der Waals surface area contributed by atoms with Gasteiger partial charge in [-0.2, -0.15) is 0 Å². The van der Waals surface area contributed by atoms with E-state index in [0.29, 0.717) is 5.96 Å². The van der Waals surface area contributed by atoms with Crippen molar-refractivity contribution in [2.24, 2.45) is 15.7 Å². The lowest BCUT2D eigenvalue weighted by Gasteiger charge is -2.20. The minimum Gasteiger partial charge on any atom is -0.370 e. The second-order valence-electron chi connectivity index (χ2n) is 6.96. The smallest absolute Gasteiger partial charge is 0.204 e. The SMILES string of the molecule is CCCCCCCCCCCC1N=C(N)NC(Nc2ccc(F)cc2F)=N1. The zero-order valence-electron chi connectivity index (χ0n) is 16.1. The van der Waals surface area contributed by atoms with Crippen LogP contribution in [0.2, 0.25) is 0 Å². The highest BCUT2D eigenvalue weighted by molar-refractivity contribution is 6.05. The number of anilines is 1. The Morgan fingerprint density at radius 3 is 2.33 bits per heavy atom. The predicted octanol–water partition coefficient (Wildman–Crippen LogP) is 4.90. The summed E-state index contributed by atoms with van der Waals surface area (Å²) in [6.45, 7) is 2.23. The molecule has 1 aliphatic heterocycles. The van der Waals surface area contributed by atoms with Crippen molar-refractivity contribution in [2.45, 2.75) is 77.3 Å². The average Bonchev–Trinajstić information content (AvgIpc) is 2.62. The number of nitrogens with two attached hydrogens (primary N) is 1.